The van der Waals surface area contributed by atoms with Crippen LogP contribution in [-0.2, 0) is 23.0 Å². The van der Waals surface area contributed by atoms with Crippen LogP contribution >= 0.6 is 0 Å². The molecule has 3 rings (SSSR count). The van der Waals surface area contributed by atoms with Crippen LogP contribution in [-0.4, -0.2) is 30.9 Å². The van der Waals surface area contributed by atoms with Crippen LogP contribution in [0.4, 0.5) is 0 Å². The molecule has 0 bridgehead atoms. The number of sulfonamides is 1. The highest BCUT2D eigenvalue weighted by Crippen LogP contribution is 2.27. The summed E-state index contributed by atoms with van der Waals surface area (Å²) in [6.07, 6.45) is 2.29. The molecule has 0 radical (unpaired) electrons. The predicted molar refractivity (Wildman–Crippen MR) is 110 cm³/mol. The van der Waals surface area contributed by atoms with Gasteiger partial charge >= 0.3 is 0 Å². The van der Waals surface area contributed by atoms with Gasteiger partial charge in [0.05, 0.1) is 18.8 Å². The Morgan fingerprint density at radius 1 is 0.929 bits per heavy atom. The van der Waals surface area contributed by atoms with E-state index in [0.29, 0.717) is 31.0 Å². The number of pyridine rings is 1. The summed E-state index contributed by atoms with van der Waals surface area (Å²) in [7, 11) is -3.75. The fraction of sp³-hybridized carbons (Fsp3) is 0.227. The van der Waals surface area contributed by atoms with Gasteiger partial charge in [-0.3, -0.25) is 4.98 Å². The predicted octanol–water partition coefficient (Wildman–Crippen LogP) is 3.91. The van der Waals surface area contributed by atoms with Crippen LogP contribution in [0.15, 0.2) is 83.9 Å². The minimum absolute atomic E-state index is 0.181. The lowest BCUT2D eigenvalue weighted by Gasteiger charge is -2.23. The number of ether oxygens (including phenoxy) is 1. The standard InChI is InChI=1S/C22H24N2O3S/c1-2-27-21-13-6-7-14-22(21)28(25,26)24(18-20-12-8-9-16-23-20)17-15-19-10-4-3-5-11-19/h3-14,16H,2,15,17-18H2,1H3. The highest BCUT2D eigenvalue weighted by molar-refractivity contribution is 7.89. The summed E-state index contributed by atoms with van der Waals surface area (Å²) in [6, 6.07) is 22.1. The van der Waals surface area contributed by atoms with E-state index < -0.39 is 10.0 Å². The Kier molecular flexibility index (Phi) is 6.79. The van der Waals surface area contributed by atoms with Crippen molar-refractivity contribution < 1.29 is 13.2 Å². The molecular weight excluding hydrogens is 372 g/mol. The molecule has 0 aliphatic heterocycles. The molecule has 6 heteroatoms. The third-order valence-electron chi connectivity index (χ3n) is 4.32. The molecule has 146 valence electrons. The first-order chi connectivity index (χ1) is 13.6. The minimum Gasteiger partial charge on any atom is -0.492 e. The number of aromatic nitrogens is 1. The van der Waals surface area contributed by atoms with Crippen molar-refractivity contribution in [3.8, 4) is 5.75 Å². The molecule has 0 fully saturated rings. The van der Waals surface area contributed by atoms with Gasteiger partial charge in [0.15, 0.2) is 0 Å². The third kappa shape index (κ3) is 4.97. The molecule has 28 heavy (non-hydrogen) atoms. The Morgan fingerprint density at radius 3 is 2.36 bits per heavy atom. The molecule has 0 amide bonds. The second kappa shape index (κ2) is 9.48. The van der Waals surface area contributed by atoms with Gasteiger partial charge in [0.2, 0.25) is 10.0 Å². The quantitative estimate of drug-likeness (QED) is 0.550. The molecule has 0 aliphatic carbocycles. The first-order valence-electron chi connectivity index (χ1n) is 9.27. The molecule has 0 unspecified atom stereocenters. The summed E-state index contributed by atoms with van der Waals surface area (Å²) in [6.45, 7) is 2.79. The van der Waals surface area contributed by atoms with Crippen molar-refractivity contribution in [1.29, 1.82) is 0 Å². The van der Waals surface area contributed by atoms with Crippen molar-refractivity contribution in [1.82, 2.24) is 9.29 Å². The summed E-state index contributed by atoms with van der Waals surface area (Å²) in [5.41, 5.74) is 1.79. The van der Waals surface area contributed by atoms with E-state index in [4.69, 9.17) is 4.74 Å². The molecule has 0 spiro atoms. The first kappa shape index (κ1) is 20.0. The maximum Gasteiger partial charge on any atom is 0.247 e. The first-order valence-corrected chi connectivity index (χ1v) is 10.7. The normalized spacial score (nSPS) is 11.5. The summed E-state index contributed by atoms with van der Waals surface area (Å²) in [4.78, 5) is 4.48. The van der Waals surface area contributed by atoms with E-state index in [-0.39, 0.29) is 11.4 Å². The number of rotatable bonds is 9. The Labute approximate surface area is 166 Å². The Bertz CT molecular complexity index is 977. The molecule has 2 aromatic carbocycles. The van der Waals surface area contributed by atoms with Gasteiger partial charge in [-0.25, -0.2) is 8.42 Å². The zero-order valence-corrected chi connectivity index (χ0v) is 16.7. The van der Waals surface area contributed by atoms with E-state index in [9.17, 15) is 8.42 Å². The molecule has 0 aliphatic rings. The van der Waals surface area contributed by atoms with Gasteiger partial charge in [-0.2, -0.15) is 4.31 Å². The van der Waals surface area contributed by atoms with E-state index in [2.05, 4.69) is 4.98 Å². The molecule has 5 nitrogen and oxygen atoms in total. The van der Waals surface area contributed by atoms with Gasteiger partial charge in [0, 0.05) is 12.7 Å². The molecule has 0 saturated carbocycles. The molecule has 3 aromatic rings. The highest BCUT2D eigenvalue weighted by atomic mass is 32.2. The average Bonchev–Trinajstić information content (AvgIpc) is 2.73. The highest BCUT2D eigenvalue weighted by Gasteiger charge is 2.28. The zero-order valence-electron chi connectivity index (χ0n) is 15.9. The second-order valence-electron chi connectivity index (χ2n) is 6.28. The Morgan fingerprint density at radius 2 is 1.64 bits per heavy atom. The van der Waals surface area contributed by atoms with E-state index >= 15 is 0 Å². The molecule has 0 N–H and O–H groups in total. The zero-order chi connectivity index (χ0) is 19.8. The van der Waals surface area contributed by atoms with E-state index in [1.165, 1.54) is 4.31 Å². The second-order valence-corrected chi connectivity index (χ2v) is 8.18. The molecule has 0 saturated heterocycles. The fourth-order valence-electron chi connectivity index (χ4n) is 2.93. The molecular formula is C22H24N2O3S. The number of nitrogens with zero attached hydrogens (tertiary/aromatic N) is 2. The van der Waals surface area contributed by atoms with Crippen LogP contribution in [0.2, 0.25) is 0 Å². The number of hydrogen-bond acceptors (Lipinski definition) is 4. The topological polar surface area (TPSA) is 59.5 Å². The van der Waals surface area contributed by atoms with Crippen molar-refractivity contribution in [3.05, 3.63) is 90.3 Å². The van der Waals surface area contributed by atoms with Crippen molar-refractivity contribution in [2.45, 2.75) is 24.8 Å². The van der Waals surface area contributed by atoms with Gasteiger partial charge in [0.25, 0.3) is 0 Å². The SMILES string of the molecule is CCOc1ccccc1S(=O)(=O)N(CCc1ccccc1)Cc1ccccn1. The molecule has 1 aromatic heterocycles. The summed E-state index contributed by atoms with van der Waals surface area (Å²) in [5, 5.41) is 0. The van der Waals surface area contributed by atoms with Crippen LogP contribution in [0, 0.1) is 0 Å². The van der Waals surface area contributed by atoms with Gasteiger partial charge in [-0.1, -0.05) is 48.5 Å². The van der Waals surface area contributed by atoms with Crippen LogP contribution in [0.1, 0.15) is 18.2 Å². The lowest BCUT2D eigenvalue weighted by atomic mass is 10.1. The lowest BCUT2D eigenvalue weighted by molar-refractivity contribution is 0.328. The third-order valence-corrected chi connectivity index (χ3v) is 6.21. The van der Waals surface area contributed by atoms with E-state index in [0.717, 1.165) is 5.56 Å². The van der Waals surface area contributed by atoms with Crippen LogP contribution in [0.3, 0.4) is 0 Å². The Balaban J connectivity index is 1.92. The maximum atomic E-state index is 13.5. The van der Waals surface area contributed by atoms with Crippen LogP contribution < -0.4 is 4.74 Å². The molecule has 1 heterocycles. The summed E-state index contributed by atoms with van der Waals surface area (Å²) < 4.78 is 34.0. The van der Waals surface area contributed by atoms with Crippen LogP contribution in [0.25, 0.3) is 0 Å². The maximum absolute atomic E-state index is 13.5. The smallest absolute Gasteiger partial charge is 0.247 e. The fourth-order valence-corrected chi connectivity index (χ4v) is 4.48. The lowest BCUT2D eigenvalue weighted by Crippen LogP contribution is -2.33. The average molecular weight is 397 g/mol. The number of benzene rings is 2. The van der Waals surface area contributed by atoms with Crippen molar-refractivity contribution in [3.63, 3.8) is 0 Å². The van der Waals surface area contributed by atoms with Crippen molar-refractivity contribution in [2.75, 3.05) is 13.2 Å². The van der Waals surface area contributed by atoms with Gasteiger partial charge in [-0.15, -0.1) is 0 Å². The number of hydrogen-bond donors (Lipinski definition) is 0. The minimum atomic E-state index is -3.75. The number of para-hydroxylation sites is 1. The van der Waals surface area contributed by atoms with Crippen molar-refractivity contribution in [2.24, 2.45) is 0 Å². The summed E-state index contributed by atoms with van der Waals surface area (Å²) >= 11 is 0. The van der Waals surface area contributed by atoms with Gasteiger partial charge in [0.1, 0.15) is 10.6 Å². The van der Waals surface area contributed by atoms with Crippen LogP contribution in [0.5, 0.6) is 5.75 Å². The van der Waals surface area contributed by atoms with Crippen molar-refractivity contribution >= 4 is 10.0 Å². The van der Waals surface area contributed by atoms with E-state index in [1.54, 1.807) is 30.5 Å². The molecule has 0 atom stereocenters. The van der Waals surface area contributed by atoms with Gasteiger partial charge < -0.3 is 4.74 Å². The monoisotopic (exact) mass is 396 g/mol. The summed E-state index contributed by atoms with van der Waals surface area (Å²) in [5.74, 6) is 0.371. The van der Waals surface area contributed by atoms with Gasteiger partial charge in [-0.05, 0) is 43.2 Å². The Hall–Kier alpha value is -2.70. The van der Waals surface area contributed by atoms with E-state index in [1.807, 2.05) is 55.5 Å². The largest absolute Gasteiger partial charge is 0.492 e.